The zero-order chi connectivity index (χ0) is 9.82. The van der Waals surface area contributed by atoms with Crippen LogP contribution in [0.25, 0.3) is 0 Å². The fourth-order valence-corrected chi connectivity index (χ4v) is 0.778. The summed E-state index contributed by atoms with van der Waals surface area (Å²) in [4.78, 5) is 10.4. The molecule has 0 saturated heterocycles. The number of hydrogen-bond acceptors (Lipinski definition) is 3. The van der Waals surface area contributed by atoms with Crippen LogP contribution in [0.2, 0.25) is 0 Å². The third-order valence-electron chi connectivity index (χ3n) is 1.35. The molecule has 0 amide bonds. The molecule has 0 aliphatic carbocycles. The van der Waals surface area contributed by atoms with Crippen LogP contribution < -0.4 is 0 Å². The van der Waals surface area contributed by atoms with Crippen molar-refractivity contribution in [3.05, 3.63) is 0 Å². The molecule has 0 aliphatic heterocycles. The molecule has 0 fully saturated rings. The summed E-state index contributed by atoms with van der Waals surface area (Å²) in [5.41, 5.74) is 0. The molecule has 0 aromatic carbocycles. The van der Waals surface area contributed by atoms with Crippen molar-refractivity contribution in [1.82, 2.24) is 0 Å². The summed E-state index contributed by atoms with van der Waals surface area (Å²) in [7, 11) is 0. The average Bonchev–Trinajstić information content (AvgIpc) is 2.07. The summed E-state index contributed by atoms with van der Waals surface area (Å²) in [5.74, 6) is 2.85. The van der Waals surface area contributed by atoms with Gasteiger partial charge in [-0.2, -0.15) is 0 Å². The monoisotopic (exact) mass is 166 g/mol. The van der Waals surface area contributed by atoms with Gasteiger partial charge >= 0.3 is 0 Å². The van der Waals surface area contributed by atoms with Gasteiger partial charge in [-0.25, -0.2) is 0 Å². The summed E-state index contributed by atoms with van der Waals surface area (Å²) in [6, 6.07) is 0. The van der Waals surface area contributed by atoms with E-state index in [-0.39, 0.29) is 5.78 Å². The molecular formula is C9H14N2O. The fraction of sp³-hybridized carbons (Fsp3) is 0.667. The molecule has 66 valence electrons. The first-order valence-electron chi connectivity index (χ1n) is 3.90. The van der Waals surface area contributed by atoms with Crippen LogP contribution in [-0.2, 0) is 4.79 Å². The van der Waals surface area contributed by atoms with Crippen LogP contribution in [0.4, 0.5) is 0 Å². The molecule has 0 N–H and O–H groups in total. The number of unbranched alkanes of at least 4 members (excludes halogenated alkanes) is 3. The summed E-state index contributed by atoms with van der Waals surface area (Å²) < 4.78 is 0. The Balaban J connectivity index is 0. The Morgan fingerprint density at radius 2 is 1.92 bits per heavy atom. The fourth-order valence-electron chi connectivity index (χ4n) is 0.778. The topological polar surface area (TPSA) is 64.7 Å². The lowest BCUT2D eigenvalue weighted by Crippen LogP contribution is -1.88. The molecule has 0 radical (unpaired) electrons. The van der Waals surface area contributed by atoms with Crippen LogP contribution in [0.15, 0.2) is 0 Å². The molecule has 0 saturated carbocycles. The van der Waals surface area contributed by atoms with Gasteiger partial charge in [0.15, 0.2) is 0 Å². The highest BCUT2D eigenvalue weighted by Crippen LogP contribution is 2.01. The Kier molecular flexibility index (Phi) is 13.6. The molecule has 0 aromatic rings. The number of rotatable bonds is 5. The molecule has 3 nitrogen and oxygen atoms in total. The van der Waals surface area contributed by atoms with Crippen molar-refractivity contribution in [3.8, 4) is 12.3 Å². The third-order valence-corrected chi connectivity index (χ3v) is 1.35. The minimum atomic E-state index is 0.278. The van der Waals surface area contributed by atoms with Crippen molar-refractivity contribution in [3.63, 3.8) is 0 Å². The number of ketones is 1. The minimum Gasteiger partial charge on any atom is -0.300 e. The maximum Gasteiger partial charge on any atom is 0.129 e. The third kappa shape index (κ3) is 15.9. The number of carbonyl (C=O) groups is 1. The Morgan fingerprint density at radius 3 is 2.33 bits per heavy atom. The van der Waals surface area contributed by atoms with E-state index in [9.17, 15) is 4.79 Å². The lowest BCUT2D eigenvalue weighted by molar-refractivity contribution is -0.117. The number of hydrogen-bond donors (Lipinski definition) is 0. The largest absolute Gasteiger partial charge is 0.300 e. The van der Waals surface area contributed by atoms with Gasteiger partial charge in [-0.3, -0.25) is 0 Å². The standard InChI is InChI=1S/C9H14O.N2/c1-3-4-5-6-7-8-9(2)10;1-2/h1H,4-8H2,2H3;. The molecule has 0 spiro atoms. The normalized spacial score (nSPS) is 7.50. The van der Waals surface area contributed by atoms with Crippen LogP contribution in [0.3, 0.4) is 0 Å². The van der Waals surface area contributed by atoms with Gasteiger partial charge < -0.3 is 4.79 Å². The zero-order valence-corrected chi connectivity index (χ0v) is 7.42. The molecular weight excluding hydrogens is 152 g/mol. The maximum absolute atomic E-state index is 10.4. The van der Waals surface area contributed by atoms with Crippen LogP contribution in [-0.4, -0.2) is 5.78 Å². The van der Waals surface area contributed by atoms with E-state index in [1.165, 1.54) is 0 Å². The predicted octanol–water partition coefficient (Wildman–Crippen LogP) is 2.19. The first-order chi connectivity index (χ1) is 5.77. The Morgan fingerprint density at radius 1 is 1.33 bits per heavy atom. The van der Waals surface area contributed by atoms with E-state index in [0.29, 0.717) is 6.42 Å². The molecule has 0 rings (SSSR count). The van der Waals surface area contributed by atoms with Crippen molar-refractivity contribution >= 4 is 5.78 Å². The minimum absolute atomic E-state index is 0.278. The first kappa shape index (κ1) is 13.3. The Hall–Kier alpha value is -1.35. The Labute approximate surface area is 73.6 Å². The highest BCUT2D eigenvalue weighted by atomic mass is 16.1. The smallest absolute Gasteiger partial charge is 0.129 e. The number of Topliss-reactive ketones (excluding diaryl/α,β-unsaturated/α-hetero) is 1. The summed E-state index contributed by atoms with van der Waals surface area (Å²) in [5, 5.41) is 12.0. The quantitative estimate of drug-likeness (QED) is 0.357. The summed E-state index contributed by atoms with van der Waals surface area (Å²) >= 11 is 0. The molecule has 0 unspecified atom stereocenters. The molecule has 12 heavy (non-hydrogen) atoms. The predicted molar refractivity (Wildman–Crippen MR) is 46.0 cm³/mol. The van der Waals surface area contributed by atoms with Gasteiger partial charge in [-0.1, -0.05) is 6.42 Å². The number of terminal acetylenes is 1. The second-order valence-corrected chi connectivity index (χ2v) is 2.47. The van der Waals surface area contributed by atoms with Crippen LogP contribution in [0.1, 0.15) is 39.0 Å². The number of nitrogens with zero attached hydrogens (tertiary/aromatic N) is 2. The van der Waals surface area contributed by atoms with E-state index in [4.69, 9.17) is 17.2 Å². The van der Waals surface area contributed by atoms with Gasteiger partial charge in [0, 0.05) is 23.6 Å². The van der Waals surface area contributed by atoms with E-state index in [1.54, 1.807) is 6.92 Å². The van der Waals surface area contributed by atoms with Gasteiger partial charge in [0.2, 0.25) is 0 Å². The van der Waals surface area contributed by atoms with E-state index in [1.807, 2.05) is 0 Å². The maximum atomic E-state index is 10.4. The van der Waals surface area contributed by atoms with Gasteiger partial charge in [0.25, 0.3) is 0 Å². The average molecular weight is 166 g/mol. The molecule has 0 aliphatic rings. The lowest BCUT2D eigenvalue weighted by atomic mass is 10.1. The first-order valence-corrected chi connectivity index (χ1v) is 3.90. The number of carbonyl (C=O) groups excluding carboxylic acids is 1. The highest BCUT2D eigenvalue weighted by molar-refractivity contribution is 5.75. The lowest BCUT2D eigenvalue weighted by Gasteiger charge is -1.93. The van der Waals surface area contributed by atoms with E-state index >= 15 is 0 Å². The van der Waals surface area contributed by atoms with Crippen molar-refractivity contribution in [2.24, 2.45) is 0 Å². The van der Waals surface area contributed by atoms with E-state index in [0.717, 1.165) is 25.7 Å². The van der Waals surface area contributed by atoms with Crippen LogP contribution >= 0.6 is 0 Å². The Bertz CT molecular complexity index is 167. The van der Waals surface area contributed by atoms with Crippen molar-refractivity contribution < 1.29 is 4.79 Å². The van der Waals surface area contributed by atoms with Crippen LogP contribution in [0.5, 0.6) is 0 Å². The SMILES string of the molecule is C#CCCCCCC(C)=O.N#N. The van der Waals surface area contributed by atoms with Crippen molar-refractivity contribution in [1.29, 1.82) is 10.8 Å². The van der Waals surface area contributed by atoms with Crippen LogP contribution in [0, 0.1) is 23.1 Å². The molecule has 3 heteroatoms. The van der Waals surface area contributed by atoms with Gasteiger partial charge in [-0.05, 0) is 19.8 Å². The van der Waals surface area contributed by atoms with E-state index < -0.39 is 0 Å². The second-order valence-electron chi connectivity index (χ2n) is 2.47. The molecule has 0 bridgehead atoms. The van der Waals surface area contributed by atoms with Gasteiger partial charge in [0.1, 0.15) is 5.78 Å². The molecule has 0 heterocycles. The van der Waals surface area contributed by atoms with Gasteiger partial charge in [0.05, 0.1) is 0 Å². The summed E-state index contributed by atoms with van der Waals surface area (Å²) in [6.07, 6.45) is 9.76. The van der Waals surface area contributed by atoms with Gasteiger partial charge in [-0.15, -0.1) is 12.3 Å². The van der Waals surface area contributed by atoms with E-state index in [2.05, 4.69) is 5.92 Å². The summed E-state index contributed by atoms with van der Waals surface area (Å²) in [6.45, 7) is 1.63. The zero-order valence-electron chi connectivity index (χ0n) is 7.42. The molecule has 0 aromatic heterocycles. The molecule has 0 atom stereocenters. The van der Waals surface area contributed by atoms with Crippen molar-refractivity contribution in [2.45, 2.75) is 39.0 Å². The highest BCUT2D eigenvalue weighted by Gasteiger charge is 1.91. The van der Waals surface area contributed by atoms with Crippen molar-refractivity contribution in [2.75, 3.05) is 0 Å². The second kappa shape index (κ2) is 12.3.